The predicted octanol–water partition coefficient (Wildman–Crippen LogP) is 4.07. The average Bonchev–Trinajstić information content (AvgIpc) is 2.62. The summed E-state index contributed by atoms with van der Waals surface area (Å²) in [7, 11) is -4.01. The minimum Gasteiger partial charge on any atom is -0.258 e. The molecule has 0 aliphatic rings. The van der Waals surface area contributed by atoms with E-state index in [0.29, 0.717) is 5.69 Å². The Morgan fingerprint density at radius 1 is 0.963 bits per heavy atom. The SMILES string of the molecule is Cc1ccc([N+](=O)[O-])c(NS(=O)(=O)c2ccc(-c3ccccc3C)cc2)n1. The molecule has 0 fully saturated rings. The summed E-state index contributed by atoms with van der Waals surface area (Å²) >= 11 is 0. The zero-order valence-electron chi connectivity index (χ0n) is 14.7. The van der Waals surface area contributed by atoms with E-state index < -0.39 is 20.6 Å². The second-order valence-electron chi connectivity index (χ2n) is 6.02. The summed E-state index contributed by atoms with van der Waals surface area (Å²) in [5.41, 5.74) is 3.02. The van der Waals surface area contributed by atoms with Crippen molar-refractivity contribution in [3.05, 3.63) is 82.0 Å². The van der Waals surface area contributed by atoms with Gasteiger partial charge >= 0.3 is 5.69 Å². The lowest BCUT2D eigenvalue weighted by Crippen LogP contribution is -2.15. The third kappa shape index (κ3) is 3.95. The molecule has 0 aliphatic heterocycles. The second-order valence-corrected chi connectivity index (χ2v) is 7.70. The molecule has 27 heavy (non-hydrogen) atoms. The molecule has 3 rings (SSSR count). The number of nitro groups is 1. The fraction of sp³-hybridized carbons (Fsp3) is 0.105. The molecule has 1 N–H and O–H groups in total. The lowest BCUT2D eigenvalue weighted by Gasteiger charge is -2.10. The molecule has 2 aromatic carbocycles. The van der Waals surface area contributed by atoms with Crippen LogP contribution >= 0.6 is 0 Å². The summed E-state index contributed by atoms with van der Waals surface area (Å²) < 4.78 is 27.5. The van der Waals surface area contributed by atoms with Crippen LogP contribution < -0.4 is 4.72 Å². The molecule has 0 radical (unpaired) electrons. The maximum absolute atomic E-state index is 12.6. The molecular formula is C19H17N3O4S. The fourth-order valence-electron chi connectivity index (χ4n) is 2.67. The van der Waals surface area contributed by atoms with Crippen molar-refractivity contribution in [2.75, 3.05) is 4.72 Å². The van der Waals surface area contributed by atoms with Crippen molar-refractivity contribution in [1.29, 1.82) is 0 Å². The van der Waals surface area contributed by atoms with Gasteiger partial charge in [-0.3, -0.25) is 14.8 Å². The third-order valence-corrected chi connectivity index (χ3v) is 5.42. The van der Waals surface area contributed by atoms with Gasteiger partial charge in [-0.1, -0.05) is 36.4 Å². The molecule has 0 saturated heterocycles. The Morgan fingerprint density at radius 2 is 1.63 bits per heavy atom. The molecule has 8 heteroatoms. The highest BCUT2D eigenvalue weighted by Crippen LogP contribution is 2.27. The highest BCUT2D eigenvalue weighted by molar-refractivity contribution is 7.92. The first kappa shape index (κ1) is 18.5. The number of benzene rings is 2. The number of aryl methyl sites for hydroxylation is 2. The van der Waals surface area contributed by atoms with Gasteiger partial charge in [-0.05, 0) is 48.7 Å². The first-order valence-corrected chi connectivity index (χ1v) is 9.57. The molecule has 1 aromatic heterocycles. The minimum atomic E-state index is -4.01. The van der Waals surface area contributed by atoms with Crippen LogP contribution in [0.3, 0.4) is 0 Å². The van der Waals surface area contributed by atoms with Crippen LogP contribution in [0.5, 0.6) is 0 Å². The first-order chi connectivity index (χ1) is 12.8. The number of aromatic nitrogens is 1. The number of pyridine rings is 1. The number of hydrogen-bond acceptors (Lipinski definition) is 5. The van der Waals surface area contributed by atoms with Crippen molar-refractivity contribution in [1.82, 2.24) is 4.98 Å². The zero-order chi connectivity index (χ0) is 19.6. The maximum Gasteiger partial charge on any atom is 0.312 e. The lowest BCUT2D eigenvalue weighted by atomic mass is 10.0. The first-order valence-electron chi connectivity index (χ1n) is 8.09. The van der Waals surface area contributed by atoms with Crippen molar-refractivity contribution in [2.24, 2.45) is 0 Å². The Hall–Kier alpha value is -3.26. The Balaban J connectivity index is 1.94. The summed E-state index contributed by atoms with van der Waals surface area (Å²) in [5, 5.41) is 11.1. The highest BCUT2D eigenvalue weighted by atomic mass is 32.2. The topological polar surface area (TPSA) is 102 Å². The van der Waals surface area contributed by atoms with Crippen LogP contribution in [0.2, 0.25) is 0 Å². The Labute approximate surface area is 156 Å². The zero-order valence-corrected chi connectivity index (χ0v) is 15.5. The summed E-state index contributed by atoms with van der Waals surface area (Å²) in [4.78, 5) is 14.4. The minimum absolute atomic E-state index is 0.00237. The number of anilines is 1. The van der Waals surface area contributed by atoms with Crippen LogP contribution in [0.15, 0.2) is 65.6 Å². The number of rotatable bonds is 5. The highest BCUT2D eigenvalue weighted by Gasteiger charge is 2.22. The summed E-state index contributed by atoms with van der Waals surface area (Å²) in [6.45, 7) is 3.60. The van der Waals surface area contributed by atoms with Crippen LogP contribution in [-0.4, -0.2) is 18.3 Å². The number of nitrogens with one attached hydrogen (secondary N) is 1. The Kier molecular flexibility index (Phi) is 4.91. The molecule has 1 heterocycles. The fourth-order valence-corrected chi connectivity index (χ4v) is 3.69. The Morgan fingerprint density at radius 3 is 2.26 bits per heavy atom. The van der Waals surface area contributed by atoms with E-state index in [9.17, 15) is 18.5 Å². The van der Waals surface area contributed by atoms with Gasteiger partial charge in [-0.15, -0.1) is 0 Å². The largest absolute Gasteiger partial charge is 0.312 e. The maximum atomic E-state index is 12.6. The summed E-state index contributed by atoms with van der Waals surface area (Å²) in [6.07, 6.45) is 0. The molecule has 7 nitrogen and oxygen atoms in total. The van der Waals surface area contributed by atoms with E-state index in [0.717, 1.165) is 16.7 Å². The molecule has 138 valence electrons. The van der Waals surface area contributed by atoms with E-state index >= 15 is 0 Å². The van der Waals surface area contributed by atoms with Gasteiger partial charge in [-0.2, -0.15) is 0 Å². The molecule has 0 amide bonds. The van der Waals surface area contributed by atoms with Gasteiger partial charge in [0.15, 0.2) is 0 Å². The molecule has 0 bridgehead atoms. The summed E-state index contributed by atoms with van der Waals surface area (Å²) in [5.74, 6) is -0.303. The van der Waals surface area contributed by atoms with Gasteiger partial charge in [0.25, 0.3) is 10.0 Å². The van der Waals surface area contributed by atoms with Gasteiger partial charge in [0.2, 0.25) is 5.82 Å². The van der Waals surface area contributed by atoms with E-state index in [-0.39, 0.29) is 10.7 Å². The Bertz CT molecular complexity index is 1110. The van der Waals surface area contributed by atoms with E-state index in [1.807, 2.05) is 31.2 Å². The molecule has 0 atom stereocenters. The van der Waals surface area contributed by atoms with Crippen molar-refractivity contribution in [3.8, 4) is 11.1 Å². The molecule has 3 aromatic rings. The van der Waals surface area contributed by atoms with E-state index in [4.69, 9.17) is 0 Å². The van der Waals surface area contributed by atoms with Crippen molar-refractivity contribution in [2.45, 2.75) is 18.7 Å². The number of hydrogen-bond donors (Lipinski definition) is 1. The van der Waals surface area contributed by atoms with Crippen molar-refractivity contribution >= 4 is 21.5 Å². The van der Waals surface area contributed by atoms with Gasteiger partial charge in [-0.25, -0.2) is 13.4 Å². The normalized spacial score (nSPS) is 11.2. The van der Waals surface area contributed by atoms with Crippen LogP contribution in [-0.2, 0) is 10.0 Å². The van der Waals surface area contributed by atoms with Crippen molar-refractivity contribution < 1.29 is 13.3 Å². The monoisotopic (exact) mass is 383 g/mol. The smallest absolute Gasteiger partial charge is 0.258 e. The van der Waals surface area contributed by atoms with E-state index in [1.165, 1.54) is 24.3 Å². The van der Waals surface area contributed by atoms with Crippen LogP contribution in [0, 0.1) is 24.0 Å². The van der Waals surface area contributed by atoms with Gasteiger partial charge in [0, 0.05) is 11.8 Å². The van der Waals surface area contributed by atoms with Crippen molar-refractivity contribution in [3.63, 3.8) is 0 Å². The second kappa shape index (κ2) is 7.16. The number of nitrogens with zero attached hydrogens (tertiary/aromatic N) is 2. The van der Waals surface area contributed by atoms with Gasteiger partial charge in [0.1, 0.15) is 0 Å². The van der Waals surface area contributed by atoms with Crippen LogP contribution in [0.4, 0.5) is 11.5 Å². The standard InChI is InChI=1S/C19H17N3O4S/c1-13-5-3-4-6-17(13)15-8-10-16(11-9-15)27(25,26)21-19-18(22(23)24)12-7-14(2)20-19/h3-12H,1-2H3,(H,20,21). The quantitative estimate of drug-likeness (QED) is 0.528. The molecular weight excluding hydrogens is 366 g/mol. The lowest BCUT2D eigenvalue weighted by molar-refractivity contribution is -0.384. The van der Waals surface area contributed by atoms with Gasteiger partial charge in [0.05, 0.1) is 9.82 Å². The van der Waals surface area contributed by atoms with Crippen LogP contribution in [0.1, 0.15) is 11.3 Å². The molecule has 0 unspecified atom stereocenters. The molecule has 0 aliphatic carbocycles. The van der Waals surface area contributed by atoms with Gasteiger partial charge < -0.3 is 0 Å². The van der Waals surface area contributed by atoms with Crippen LogP contribution in [0.25, 0.3) is 11.1 Å². The van der Waals surface area contributed by atoms with E-state index in [2.05, 4.69) is 9.71 Å². The molecule has 0 spiro atoms. The molecule has 0 saturated carbocycles. The predicted molar refractivity (Wildman–Crippen MR) is 103 cm³/mol. The average molecular weight is 383 g/mol. The number of sulfonamides is 1. The summed E-state index contributed by atoms with van der Waals surface area (Å²) in [6, 6.07) is 16.8. The third-order valence-electron chi connectivity index (χ3n) is 4.06. The van der Waals surface area contributed by atoms with E-state index in [1.54, 1.807) is 19.1 Å².